The lowest BCUT2D eigenvalue weighted by Crippen LogP contribution is -1.84. The van der Waals surface area contributed by atoms with Gasteiger partial charge in [-0.15, -0.1) is 0 Å². The van der Waals surface area contributed by atoms with Crippen LogP contribution >= 0.6 is 0 Å². The Morgan fingerprint density at radius 2 is 1.10 bits per heavy atom. The zero-order valence-corrected chi connectivity index (χ0v) is 11.0. The van der Waals surface area contributed by atoms with Gasteiger partial charge in [0.1, 0.15) is 6.29 Å². The first-order valence-electron chi connectivity index (χ1n) is 6.58. The van der Waals surface area contributed by atoms with Crippen molar-refractivity contribution in [2.75, 3.05) is 0 Å². The van der Waals surface area contributed by atoms with E-state index in [1.165, 1.54) is 11.1 Å². The van der Waals surface area contributed by atoms with E-state index in [-0.39, 0.29) is 0 Å². The summed E-state index contributed by atoms with van der Waals surface area (Å²) >= 11 is 0. The van der Waals surface area contributed by atoms with Gasteiger partial charge in [0.05, 0.1) is 0 Å². The third kappa shape index (κ3) is 2.52. The van der Waals surface area contributed by atoms with E-state index in [1.807, 2.05) is 48.5 Å². The van der Waals surface area contributed by atoms with Crippen molar-refractivity contribution in [2.45, 2.75) is 0 Å². The van der Waals surface area contributed by atoms with Gasteiger partial charge in [-0.05, 0) is 34.4 Å². The number of carbonyl (C=O) groups is 1. The van der Waals surface area contributed by atoms with Crippen molar-refractivity contribution in [3.63, 3.8) is 0 Å². The number of aldehydes is 1. The summed E-state index contributed by atoms with van der Waals surface area (Å²) in [5.41, 5.74) is 5.26. The van der Waals surface area contributed by atoms with Crippen LogP contribution in [0.25, 0.3) is 22.3 Å². The molecule has 0 spiro atoms. The number of rotatable bonds is 3. The number of carbonyl (C=O) groups excluding carboxylic acids is 1. The molecular weight excluding hydrogens is 244 g/mol. The quantitative estimate of drug-likeness (QED) is 0.615. The lowest BCUT2D eigenvalue weighted by molar-refractivity contribution is 0.112. The summed E-state index contributed by atoms with van der Waals surface area (Å²) < 4.78 is 0. The maximum Gasteiger partial charge on any atom is 0.150 e. The normalized spacial score (nSPS) is 10.2. The molecule has 0 aliphatic heterocycles. The van der Waals surface area contributed by atoms with E-state index in [9.17, 15) is 4.79 Å². The minimum atomic E-state index is 0.701. The Balaban J connectivity index is 2.05. The fourth-order valence-electron chi connectivity index (χ4n) is 2.30. The molecule has 3 rings (SSSR count). The first-order chi connectivity index (χ1) is 9.86. The van der Waals surface area contributed by atoms with Gasteiger partial charge in [0.15, 0.2) is 0 Å². The third-order valence-corrected chi connectivity index (χ3v) is 3.33. The standard InChI is InChI=1S/C19H14O/c20-14-15-6-4-9-17(12-15)19-11-5-10-18(13-19)16-7-2-1-3-8-16/h1-14H. The highest BCUT2D eigenvalue weighted by Crippen LogP contribution is 2.26. The van der Waals surface area contributed by atoms with E-state index in [2.05, 4.69) is 30.3 Å². The molecule has 0 saturated heterocycles. The van der Waals surface area contributed by atoms with Crippen LogP contribution in [0.4, 0.5) is 0 Å². The van der Waals surface area contributed by atoms with Crippen LogP contribution in [0, 0.1) is 0 Å². The molecule has 0 atom stereocenters. The van der Waals surface area contributed by atoms with Crippen LogP contribution in [0.3, 0.4) is 0 Å². The topological polar surface area (TPSA) is 17.1 Å². The van der Waals surface area contributed by atoms with E-state index in [4.69, 9.17) is 0 Å². The number of hydrogen-bond acceptors (Lipinski definition) is 1. The molecule has 1 heteroatoms. The van der Waals surface area contributed by atoms with E-state index >= 15 is 0 Å². The Labute approximate surface area is 118 Å². The second-order valence-electron chi connectivity index (χ2n) is 4.69. The molecule has 3 aromatic carbocycles. The van der Waals surface area contributed by atoms with Gasteiger partial charge in [-0.25, -0.2) is 0 Å². The summed E-state index contributed by atoms with van der Waals surface area (Å²) in [7, 11) is 0. The Hall–Kier alpha value is -2.67. The molecule has 0 fully saturated rings. The van der Waals surface area contributed by atoms with Gasteiger partial charge in [-0.1, -0.05) is 66.7 Å². The predicted molar refractivity (Wildman–Crippen MR) is 82.7 cm³/mol. The van der Waals surface area contributed by atoms with Gasteiger partial charge in [0.2, 0.25) is 0 Å². The SMILES string of the molecule is O=Cc1cccc(-c2cccc(-c3ccccc3)c2)c1. The highest BCUT2D eigenvalue weighted by molar-refractivity contribution is 5.80. The lowest BCUT2D eigenvalue weighted by atomic mass is 9.98. The fraction of sp³-hybridized carbons (Fsp3) is 0. The second-order valence-corrected chi connectivity index (χ2v) is 4.69. The minimum Gasteiger partial charge on any atom is -0.298 e. The van der Waals surface area contributed by atoms with Crippen LogP contribution in [0.5, 0.6) is 0 Å². The summed E-state index contributed by atoms with van der Waals surface area (Å²) in [5.74, 6) is 0. The Morgan fingerprint density at radius 3 is 1.80 bits per heavy atom. The molecule has 0 unspecified atom stereocenters. The molecule has 0 aliphatic rings. The molecule has 1 nitrogen and oxygen atoms in total. The first-order valence-corrected chi connectivity index (χ1v) is 6.58. The molecule has 0 saturated carbocycles. The fourth-order valence-corrected chi connectivity index (χ4v) is 2.30. The van der Waals surface area contributed by atoms with Crippen LogP contribution in [-0.2, 0) is 0 Å². The zero-order chi connectivity index (χ0) is 13.8. The maximum absolute atomic E-state index is 10.9. The highest BCUT2D eigenvalue weighted by Gasteiger charge is 2.02. The van der Waals surface area contributed by atoms with Crippen LogP contribution in [0.2, 0.25) is 0 Å². The number of hydrogen-bond donors (Lipinski definition) is 0. The van der Waals surface area contributed by atoms with E-state index < -0.39 is 0 Å². The van der Waals surface area contributed by atoms with Crippen molar-refractivity contribution in [1.29, 1.82) is 0 Å². The van der Waals surface area contributed by atoms with Crippen LogP contribution in [0.1, 0.15) is 10.4 Å². The Bertz CT molecular complexity index is 730. The van der Waals surface area contributed by atoms with E-state index in [1.54, 1.807) is 0 Å². The molecule has 0 amide bonds. The van der Waals surface area contributed by atoms with Crippen molar-refractivity contribution in [3.05, 3.63) is 84.4 Å². The van der Waals surface area contributed by atoms with Crippen molar-refractivity contribution < 1.29 is 4.79 Å². The first kappa shape index (κ1) is 12.4. The summed E-state index contributed by atoms with van der Waals surface area (Å²) in [5, 5.41) is 0. The molecule has 0 bridgehead atoms. The van der Waals surface area contributed by atoms with Crippen molar-refractivity contribution >= 4 is 6.29 Å². The van der Waals surface area contributed by atoms with Crippen molar-refractivity contribution in [1.82, 2.24) is 0 Å². The molecule has 3 aromatic rings. The molecule has 0 aliphatic carbocycles. The van der Waals surface area contributed by atoms with Crippen molar-refractivity contribution in [3.8, 4) is 22.3 Å². The third-order valence-electron chi connectivity index (χ3n) is 3.33. The minimum absolute atomic E-state index is 0.701. The molecule has 20 heavy (non-hydrogen) atoms. The molecule has 96 valence electrons. The van der Waals surface area contributed by atoms with Gasteiger partial charge in [-0.3, -0.25) is 4.79 Å². The average Bonchev–Trinajstić information content (AvgIpc) is 2.56. The summed E-state index contributed by atoms with van der Waals surface area (Å²) in [4.78, 5) is 10.9. The van der Waals surface area contributed by atoms with Gasteiger partial charge in [-0.2, -0.15) is 0 Å². The van der Waals surface area contributed by atoms with E-state index in [0.29, 0.717) is 5.56 Å². The number of benzene rings is 3. The summed E-state index contributed by atoms with van der Waals surface area (Å²) in [6.07, 6.45) is 0.880. The Morgan fingerprint density at radius 1 is 0.550 bits per heavy atom. The molecule has 0 aromatic heterocycles. The molecular formula is C19H14O. The van der Waals surface area contributed by atoms with Gasteiger partial charge >= 0.3 is 0 Å². The molecule has 0 radical (unpaired) electrons. The average molecular weight is 258 g/mol. The molecule has 0 N–H and O–H groups in total. The monoisotopic (exact) mass is 258 g/mol. The molecule has 0 heterocycles. The predicted octanol–water partition coefficient (Wildman–Crippen LogP) is 4.83. The lowest BCUT2D eigenvalue weighted by Gasteiger charge is -2.06. The largest absolute Gasteiger partial charge is 0.298 e. The van der Waals surface area contributed by atoms with Crippen LogP contribution in [-0.4, -0.2) is 6.29 Å². The van der Waals surface area contributed by atoms with E-state index in [0.717, 1.165) is 17.4 Å². The van der Waals surface area contributed by atoms with Gasteiger partial charge in [0, 0.05) is 5.56 Å². The van der Waals surface area contributed by atoms with Gasteiger partial charge < -0.3 is 0 Å². The van der Waals surface area contributed by atoms with Crippen LogP contribution < -0.4 is 0 Å². The summed E-state index contributed by atoms with van der Waals surface area (Å²) in [6, 6.07) is 26.3. The highest BCUT2D eigenvalue weighted by atomic mass is 16.1. The summed E-state index contributed by atoms with van der Waals surface area (Å²) in [6.45, 7) is 0. The zero-order valence-electron chi connectivity index (χ0n) is 11.0. The smallest absolute Gasteiger partial charge is 0.150 e. The van der Waals surface area contributed by atoms with Crippen molar-refractivity contribution in [2.24, 2.45) is 0 Å². The second kappa shape index (κ2) is 5.54. The maximum atomic E-state index is 10.9. The Kier molecular flexibility index (Phi) is 3.42. The van der Waals surface area contributed by atoms with Crippen LogP contribution in [0.15, 0.2) is 78.9 Å². The van der Waals surface area contributed by atoms with Gasteiger partial charge in [0.25, 0.3) is 0 Å².